The summed E-state index contributed by atoms with van der Waals surface area (Å²) in [6.07, 6.45) is -0.549. The number of methoxy groups -OCH3 is 1. The Labute approximate surface area is 91.6 Å². The van der Waals surface area contributed by atoms with E-state index >= 15 is 0 Å². The van der Waals surface area contributed by atoms with Crippen molar-refractivity contribution in [1.82, 2.24) is 0 Å². The van der Waals surface area contributed by atoms with E-state index in [-0.39, 0.29) is 12.6 Å². The van der Waals surface area contributed by atoms with Crippen molar-refractivity contribution in [3.05, 3.63) is 0 Å². The lowest BCUT2D eigenvalue weighted by Gasteiger charge is -2.32. The van der Waals surface area contributed by atoms with Crippen molar-refractivity contribution >= 4 is 5.97 Å². The van der Waals surface area contributed by atoms with Gasteiger partial charge in [-0.3, -0.25) is 4.79 Å². The van der Waals surface area contributed by atoms with Gasteiger partial charge in [0.15, 0.2) is 0 Å². The summed E-state index contributed by atoms with van der Waals surface area (Å²) in [6, 6.07) is 0. The number of ether oxygens (including phenoxy) is 2. The third-order valence-electron chi connectivity index (χ3n) is 2.18. The van der Waals surface area contributed by atoms with E-state index in [1.54, 1.807) is 13.8 Å². The second kappa shape index (κ2) is 4.94. The maximum Gasteiger partial charge on any atom is 0.314 e. The predicted octanol–water partition coefficient (Wildman–Crippen LogP) is 1.36. The second-order valence-corrected chi connectivity index (χ2v) is 5.13. The van der Waals surface area contributed by atoms with E-state index in [1.807, 2.05) is 20.8 Å². The van der Waals surface area contributed by atoms with Crippen molar-refractivity contribution < 1.29 is 19.4 Å². The molecule has 0 rings (SSSR count). The Morgan fingerprint density at radius 2 is 1.73 bits per heavy atom. The smallest absolute Gasteiger partial charge is 0.314 e. The molecule has 0 aromatic heterocycles. The molecule has 1 atom stereocenters. The van der Waals surface area contributed by atoms with Gasteiger partial charge in [-0.05, 0) is 34.6 Å². The number of carbonyl (C=O) groups is 1. The van der Waals surface area contributed by atoms with Crippen LogP contribution in [-0.4, -0.2) is 36.5 Å². The van der Waals surface area contributed by atoms with Crippen molar-refractivity contribution in [3.8, 4) is 0 Å². The van der Waals surface area contributed by atoms with Crippen LogP contribution in [0.4, 0.5) is 0 Å². The van der Waals surface area contributed by atoms with Gasteiger partial charge in [0.25, 0.3) is 0 Å². The third kappa shape index (κ3) is 4.18. The van der Waals surface area contributed by atoms with E-state index < -0.39 is 17.1 Å². The molecule has 0 aromatic carbocycles. The zero-order valence-corrected chi connectivity index (χ0v) is 10.5. The molecule has 0 spiro atoms. The van der Waals surface area contributed by atoms with E-state index in [1.165, 1.54) is 7.11 Å². The molecule has 0 saturated carbocycles. The first-order chi connectivity index (χ1) is 6.65. The molecule has 1 N–H and O–H groups in total. The Kier molecular flexibility index (Phi) is 4.74. The van der Waals surface area contributed by atoms with Crippen LogP contribution in [0.1, 0.15) is 34.6 Å². The van der Waals surface area contributed by atoms with Crippen molar-refractivity contribution in [2.24, 2.45) is 5.41 Å². The Bertz CT molecular complexity index is 211. The molecule has 0 bridgehead atoms. The van der Waals surface area contributed by atoms with Crippen LogP contribution < -0.4 is 0 Å². The summed E-state index contributed by atoms with van der Waals surface area (Å²) in [6.45, 7) is 8.62. The first kappa shape index (κ1) is 14.4. The molecule has 0 aliphatic carbocycles. The second-order valence-electron chi connectivity index (χ2n) is 5.13. The molecular formula is C11H22O4. The van der Waals surface area contributed by atoms with Gasteiger partial charge in [0.05, 0.1) is 18.1 Å². The third-order valence-corrected chi connectivity index (χ3v) is 2.18. The van der Waals surface area contributed by atoms with Gasteiger partial charge in [-0.25, -0.2) is 0 Å². The predicted molar refractivity (Wildman–Crippen MR) is 57.5 cm³/mol. The Hall–Kier alpha value is -0.610. The van der Waals surface area contributed by atoms with Gasteiger partial charge in [0.1, 0.15) is 5.60 Å². The summed E-state index contributed by atoms with van der Waals surface area (Å²) in [7, 11) is 1.47. The van der Waals surface area contributed by atoms with Gasteiger partial charge in [-0.15, -0.1) is 0 Å². The summed E-state index contributed by atoms with van der Waals surface area (Å²) < 4.78 is 10.3. The molecule has 90 valence electrons. The van der Waals surface area contributed by atoms with E-state index in [9.17, 15) is 4.79 Å². The van der Waals surface area contributed by atoms with Crippen LogP contribution in [0.15, 0.2) is 0 Å². The number of aliphatic hydroxyl groups excluding tert-OH is 1. The van der Waals surface area contributed by atoms with E-state index in [0.717, 1.165) is 0 Å². The highest BCUT2D eigenvalue weighted by Gasteiger charge is 2.40. The molecule has 0 aliphatic heterocycles. The zero-order chi connectivity index (χ0) is 12.3. The number of hydrogen-bond donors (Lipinski definition) is 1. The van der Waals surface area contributed by atoms with Crippen LogP contribution in [0.25, 0.3) is 0 Å². The molecule has 0 fully saturated rings. The lowest BCUT2D eigenvalue weighted by Crippen LogP contribution is -2.44. The molecule has 0 aliphatic rings. The lowest BCUT2D eigenvalue weighted by atomic mass is 9.86. The molecule has 0 heterocycles. The molecule has 0 aromatic rings. The quantitative estimate of drug-likeness (QED) is 0.724. The van der Waals surface area contributed by atoms with Crippen LogP contribution >= 0.6 is 0 Å². The Morgan fingerprint density at radius 3 is 2.00 bits per heavy atom. The number of carbonyl (C=O) groups excluding carboxylic acids is 1. The summed E-state index contributed by atoms with van der Waals surface area (Å²) in [4.78, 5) is 11.8. The minimum atomic E-state index is -0.850. The van der Waals surface area contributed by atoms with Gasteiger partial charge < -0.3 is 14.6 Å². The van der Waals surface area contributed by atoms with Crippen molar-refractivity contribution in [2.45, 2.75) is 46.3 Å². The van der Waals surface area contributed by atoms with E-state index in [0.29, 0.717) is 0 Å². The number of aliphatic hydroxyl groups is 1. The minimum Gasteiger partial charge on any atom is -0.459 e. The van der Waals surface area contributed by atoms with Crippen LogP contribution in [0, 0.1) is 5.41 Å². The summed E-state index contributed by atoms with van der Waals surface area (Å²) in [5, 5.41) is 9.08. The van der Waals surface area contributed by atoms with E-state index in [2.05, 4.69) is 0 Å². The SMILES string of the molecule is COC(CO)C(C)(C)C(=O)OC(C)(C)C. The van der Waals surface area contributed by atoms with Crippen LogP contribution in [0.5, 0.6) is 0 Å². The highest BCUT2D eigenvalue weighted by molar-refractivity contribution is 5.77. The van der Waals surface area contributed by atoms with Gasteiger partial charge in [0, 0.05) is 7.11 Å². The summed E-state index contributed by atoms with van der Waals surface area (Å²) in [5.74, 6) is -0.365. The van der Waals surface area contributed by atoms with Crippen molar-refractivity contribution in [2.75, 3.05) is 13.7 Å². The molecule has 15 heavy (non-hydrogen) atoms. The molecule has 0 saturated heterocycles. The molecule has 4 nitrogen and oxygen atoms in total. The first-order valence-corrected chi connectivity index (χ1v) is 5.02. The minimum absolute atomic E-state index is 0.206. The van der Waals surface area contributed by atoms with Crippen molar-refractivity contribution in [1.29, 1.82) is 0 Å². The van der Waals surface area contributed by atoms with Crippen LogP contribution in [0.3, 0.4) is 0 Å². The molecular weight excluding hydrogens is 196 g/mol. The molecule has 0 radical (unpaired) electrons. The molecule has 0 amide bonds. The van der Waals surface area contributed by atoms with Crippen molar-refractivity contribution in [3.63, 3.8) is 0 Å². The van der Waals surface area contributed by atoms with Gasteiger partial charge in [0.2, 0.25) is 0 Å². The average molecular weight is 218 g/mol. The summed E-state index contributed by atoms with van der Waals surface area (Å²) in [5.41, 5.74) is -1.38. The maximum absolute atomic E-state index is 11.8. The fourth-order valence-electron chi connectivity index (χ4n) is 1.14. The Morgan fingerprint density at radius 1 is 1.27 bits per heavy atom. The van der Waals surface area contributed by atoms with Crippen LogP contribution in [-0.2, 0) is 14.3 Å². The average Bonchev–Trinajstić information content (AvgIpc) is 2.02. The normalized spacial score (nSPS) is 14.9. The van der Waals surface area contributed by atoms with Crippen LogP contribution in [0.2, 0.25) is 0 Å². The number of rotatable bonds is 4. The largest absolute Gasteiger partial charge is 0.459 e. The monoisotopic (exact) mass is 218 g/mol. The maximum atomic E-state index is 11.8. The number of hydrogen-bond acceptors (Lipinski definition) is 4. The van der Waals surface area contributed by atoms with Gasteiger partial charge >= 0.3 is 5.97 Å². The number of esters is 1. The van der Waals surface area contributed by atoms with Gasteiger partial charge in [-0.1, -0.05) is 0 Å². The fraction of sp³-hybridized carbons (Fsp3) is 0.909. The summed E-state index contributed by atoms with van der Waals surface area (Å²) >= 11 is 0. The fourth-order valence-corrected chi connectivity index (χ4v) is 1.14. The topological polar surface area (TPSA) is 55.8 Å². The zero-order valence-electron chi connectivity index (χ0n) is 10.5. The van der Waals surface area contributed by atoms with E-state index in [4.69, 9.17) is 14.6 Å². The first-order valence-electron chi connectivity index (χ1n) is 5.02. The standard InChI is InChI=1S/C11H22O4/c1-10(2,3)15-9(13)11(4,5)8(7-12)14-6/h8,12H,7H2,1-6H3. The molecule has 4 heteroatoms. The molecule has 1 unspecified atom stereocenters. The van der Waals surface area contributed by atoms with Gasteiger partial charge in [-0.2, -0.15) is 0 Å². The highest BCUT2D eigenvalue weighted by Crippen LogP contribution is 2.27. The lowest BCUT2D eigenvalue weighted by molar-refractivity contribution is -0.175. The Balaban J connectivity index is 4.64. The highest BCUT2D eigenvalue weighted by atomic mass is 16.6.